The lowest BCUT2D eigenvalue weighted by molar-refractivity contribution is -0.140. The number of nitrogens with zero attached hydrogens (tertiary/aromatic N) is 2. The second kappa shape index (κ2) is 18.5. The Bertz CT molecular complexity index is 1420. The molecule has 2 bridgehead atoms. The number of carbonyl (C=O) groups excluding carboxylic acids is 4. The van der Waals surface area contributed by atoms with Crippen LogP contribution in [-0.4, -0.2) is 72.3 Å². The first-order valence-electron chi connectivity index (χ1n) is 17.7. The van der Waals surface area contributed by atoms with Gasteiger partial charge in [0.25, 0.3) is 0 Å². The fourth-order valence-corrected chi connectivity index (χ4v) is 7.13. The van der Waals surface area contributed by atoms with E-state index in [4.69, 9.17) is 11.5 Å². The van der Waals surface area contributed by atoms with Crippen molar-refractivity contribution < 1.29 is 19.2 Å². The average Bonchev–Trinajstić information content (AvgIpc) is 3.34. The molecule has 49 heavy (non-hydrogen) atoms. The highest BCUT2D eigenvalue weighted by Crippen LogP contribution is 2.41. The van der Waals surface area contributed by atoms with E-state index in [1.807, 2.05) is 79.4 Å². The summed E-state index contributed by atoms with van der Waals surface area (Å²) in [4.78, 5) is 56.8. The number of fused-ring (bicyclic) bond motifs is 2. The second-order valence-corrected chi connectivity index (χ2v) is 14.1. The summed E-state index contributed by atoms with van der Waals surface area (Å²) in [6.45, 7) is 5.41. The van der Waals surface area contributed by atoms with Gasteiger partial charge in [-0.25, -0.2) is 0 Å². The quantitative estimate of drug-likeness (QED) is 0.160. The molecule has 11 heteroatoms. The summed E-state index contributed by atoms with van der Waals surface area (Å²) in [5.74, 6) is -1.27. The number of likely N-dealkylation sites (tertiary alicyclic amines) is 1. The van der Waals surface area contributed by atoms with Crippen LogP contribution in [0.2, 0.25) is 0 Å². The molecule has 0 aromatic heterocycles. The number of piperidine rings is 1. The number of amides is 4. The highest BCUT2D eigenvalue weighted by Gasteiger charge is 2.44. The number of benzene rings is 2. The zero-order valence-corrected chi connectivity index (χ0v) is 28.9. The lowest BCUT2D eigenvalue weighted by Crippen LogP contribution is -2.59. The first-order chi connectivity index (χ1) is 23.6. The Hall–Kier alpha value is -4.27. The van der Waals surface area contributed by atoms with Gasteiger partial charge < -0.3 is 32.3 Å². The van der Waals surface area contributed by atoms with Crippen molar-refractivity contribution >= 4 is 23.6 Å². The van der Waals surface area contributed by atoms with Crippen molar-refractivity contribution in [3.8, 4) is 6.07 Å². The van der Waals surface area contributed by atoms with Crippen molar-refractivity contribution in [2.45, 2.75) is 89.4 Å². The van der Waals surface area contributed by atoms with Gasteiger partial charge in [-0.05, 0) is 80.4 Å². The molecule has 6 unspecified atom stereocenters. The fourth-order valence-electron chi connectivity index (χ4n) is 7.13. The van der Waals surface area contributed by atoms with Crippen molar-refractivity contribution in [3.05, 3.63) is 71.8 Å². The highest BCUT2D eigenvalue weighted by atomic mass is 16.2. The van der Waals surface area contributed by atoms with Crippen LogP contribution in [0, 0.1) is 35.0 Å². The van der Waals surface area contributed by atoms with Gasteiger partial charge in [-0.1, -0.05) is 74.5 Å². The molecule has 1 saturated heterocycles. The lowest BCUT2D eigenvalue weighted by Gasteiger charge is -2.37. The third kappa shape index (κ3) is 10.9. The maximum atomic E-state index is 13.9. The van der Waals surface area contributed by atoms with E-state index in [-0.39, 0.29) is 36.0 Å². The minimum atomic E-state index is -0.988. The molecule has 2 aromatic carbocycles. The summed E-state index contributed by atoms with van der Waals surface area (Å²) >= 11 is 0. The van der Waals surface area contributed by atoms with Gasteiger partial charge in [0.05, 0.1) is 18.0 Å². The van der Waals surface area contributed by atoms with Crippen LogP contribution in [0.25, 0.3) is 0 Å². The Morgan fingerprint density at radius 3 is 1.88 bits per heavy atom. The topological polar surface area (TPSA) is 183 Å². The maximum Gasteiger partial charge on any atom is 0.245 e. The van der Waals surface area contributed by atoms with Gasteiger partial charge in [-0.2, -0.15) is 5.26 Å². The first kappa shape index (κ1) is 37.5. The van der Waals surface area contributed by atoms with Gasteiger partial charge in [0.1, 0.15) is 18.1 Å². The number of carbonyl (C=O) groups is 4. The van der Waals surface area contributed by atoms with Gasteiger partial charge in [-0.3, -0.25) is 19.2 Å². The van der Waals surface area contributed by atoms with Gasteiger partial charge in [0.15, 0.2) is 0 Å². The Morgan fingerprint density at radius 1 is 0.796 bits per heavy atom. The van der Waals surface area contributed by atoms with Crippen LogP contribution in [-0.2, 0) is 32.0 Å². The molecule has 1 aliphatic heterocycles. The smallest absolute Gasteiger partial charge is 0.245 e. The molecule has 7 N–H and O–H groups in total. The molecule has 6 atom stereocenters. The summed E-state index contributed by atoms with van der Waals surface area (Å²) in [6, 6.07) is 17.6. The van der Waals surface area contributed by atoms with E-state index >= 15 is 0 Å². The minimum Gasteiger partial charge on any atom is -0.343 e. The Kier molecular flexibility index (Phi) is 14.2. The number of nitriles is 1. The molecule has 11 nitrogen and oxygen atoms in total. The number of hydrogen-bond acceptors (Lipinski definition) is 7. The molecule has 1 aliphatic carbocycles. The van der Waals surface area contributed by atoms with Gasteiger partial charge >= 0.3 is 0 Å². The summed E-state index contributed by atoms with van der Waals surface area (Å²) in [6.07, 6.45) is 4.48. The van der Waals surface area contributed by atoms with Crippen molar-refractivity contribution in [1.82, 2.24) is 20.9 Å². The van der Waals surface area contributed by atoms with Crippen LogP contribution < -0.4 is 27.4 Å². The number of nitrogens with one attached hydrogen (secondary N) is 3. The molecule has 264 valence electrons. The number of nitrogens with two attached hydrogens (primary N) is 2. The first-order valence-corrected chi connectivity index (χ1v) is 17.7. The van der Waals surface area contributed by atoms with Crippen molar-refractivity contribution in [2.75, 3.05) is 19.6 Å². The van der Waals surface area contributed by atoms with E-state index in [1.165, 1.54) is 0 Å². The Morgan fingerprint density at radius 2 is 1.33 bits per heavy atom. The summed E-state index contributed by atoms with van der Waals surface area (Å²) in [5.41, 5.74) is 13.8. The molecular weight excluding hydrogens is 618 g/mol. The second-order valence-electron chi connectivity index (χ2n) is 14.1. The van der Waals surface area contributed by atoms with E-state index in [0.29, 0.717) is 51.7 Å². The minimum absolute atomic E-state index is 0.0304. The average molecular weight is 672 g/mol. The summed E-state index contributed by atoms with van der Waals surface area (Å²) in [7, 11) is 0. The molecular formula is C38H53N7O4. The van der Waals surface area contributed by atoms with Crippen LogP contribution in [0.4, 0.5) is 0 Å². The molecule has 1 saturated carbocycles. The van der Waals surface area contributed by atoms with Crippen LogP contribution >= 0.6 is 0 Å². The maximum absolute atomic E-state index is 13.9. The third-order valence-corrected chi connectivity index (χ3v) is 9.75. The normalized spacial score (nSPS) is 20.8. The van der Waals surface area contributed by atoms with Crippen LogP contribution in [0.1, 0.15) is 63.5 Å². The van der Waals surface area contributed by atoms with E-state index in [9.17, 15) is 24.4 Å². The number of unbranched alkanes of at least 4 members (excludes halogenated alkanes) is 1. The number of hydrogen-bond donors (Lipinski definition) is 5. The largest absolute Gasteiger partial charge is 0.343 e. The SMILES string of the molecule is CC(C)CC(NC(=O)C(Cc1ccccc1)NC(=O)C(N)Cc1ccccc1)C(=O)NC(CCCCN)C(=O)N1CC2CCC(C1)C2C#N. The monoisotopic (exact) mass is 671 g/mol. The van der Waals surface area contributed by atoms with Crippen molar-refractivity contribution in [2.24, 2.45) is 35.1 Å². The van der Waals surface area contributed by atoms with Crippen LogP contribution in [0.15, 0.2) is 60.7 Å². The predicted octanol–water partition coefficient (Wildman–Crippen LogP) is 2.44. The fraction of sp³-hybridized carbons (Fsp3) is 0.553. The standard InChI is InChI=1S/C38H53N7O4/c1-25(2)19-33(36(47)42-32(15-9-10-18-39)38(49)45-23-28-16-17-29(24-45)30(28)22-40)44-37(48)34(21-27-13-7-4-8-14-27)43-35(46)31(41)20-26-11-5-3-6-12-26/h3-8,11-14,25,28-34H,9-10,15-21,23-24,39,41H2,1-2H3,(H,42,47)(H,43,46)(H,44,48). The van der Waals surface area contributed by atoms with E-state index in [1.54, 1.807) is 0 Å². The van der Waals surface area contributed by atoms with Crippen molar-refractivity contribution in [1.29, 1.82) is 5.26 Å². The van der Waals surface area contributed by atoms with Gasteiger partial charge in [0.2, 0.25) is 23.6 Å². The molecule has 2 fully saturated rings. The molecule has 0 spiro atoms. The molecule has 1 heterocycles. The molecule has 4 rings (SSSR count). The Labute approximate surface area is 290 Å². The predicted molar refractivity (Wildman–Crippen MR) is 188 cm³/mol. The lowest BCUT2D eigenvalue weighted by atomic mass is 9.86. The molecule has 2 aliphatic rings. The molecule has 0 radical (unpaired) electrons. The van der Waals surface area contributed by atoms with E-state index < -0.39 is 41.9 Å². The summed E-state index contributed by atoms with van der Waals surface area (Å²) < 4.78 is 0. The van der Waals surface area contributed by atoms with Crippen molar-refractivity contribution in [3.63, 3.8) is 0 Å². The van der Waals surface area contributed by atoms with Crippen LogP contribution in [0.3, 0.4) is 0 Å². The highest BCUT2D eigenvalue weighted by molar-refractivity contribution is 5.95. The van der Waals surface area contributed by atoms with Gasteiger partial charge in [0, 0.05) is 19.5 Å². The zero-order chi connectivity index (χ0) is 35.3. The zero-order valence-electron chi connectivity index (χ0n) is 28.9. The molecule has 4 amide bonds. The van der Waals surface area contributed by atoms with E-state index in [0.717, 1.165) is 24.0 Å². The molecule has 2 aromatic rings. The number of rotatable bonds is 17. The third-order valence-electron chi connectivity index (χ3n) is 9.75. The Balaban J connectivity index is 1.48. The van der Waals surface area contributed by atoms with Gasteiger partial charge in [-0.15, -0.1) is 0 Å². The van der Waals surface area contributed by atoms with E-state index in [2.05, 4.69) is 22.0 Å². The van der Waals surface area contributed by atoms with Crippen LogP contribution in [0.5, 0.6) is 0 Å². The summed E-state index contributed by atoms with van der Waals surface area (Å²) in [5, 5.41) is 18.4.